The second-order valence-corrected chi connectivity index (χ2v) is 5.49. The number of benzene rings is 1. The molecule has 1 unspecified atom stereocenters. The van der Waals surface area contributed by atoms with Gasteiger partial charge in [0.25, 0.3) is 5.91 Å². The second-order valence-electron chi connectivity index (χ2n) is 5.49. The molecule has 1 fully saturated rings. The molecule has 1 amide bonds. The number of rotatable bonds is 4. The van der Waals surface area contributed by atoms with Crippen LogP contribution in [0.1, 0.15) is 19.4 Å². The monoisotopic (exact) mass is 263 g/mol. The summed E-state index contributed by atoms with van der Waals surface area (Å²) < 4.78 is 15.6. The average Bonchev–Trinajstić information content (AvgIpc) is 3.13. The Hall–Kier alpha value is -1.75. The van der Waals surface area contributed by atoms with E-state index in [9.17, 15) is 4.79 Å². The minimum atomic E-state index is -0.243. The zero-order chi connectivity index (χ0) is 13.5. The fraction of sp³-hybridized carbons (Fsp3) is 0.500. The molecule has 1 aromatic rings. The zero-order valence-electron chi connectivity index (χ0n) is 11.1. The van der Waals surface area contributed by atoms with Gasteiger partial charge in [0.2, 0.25) is 6.79 Å². The van der Waals surface area contributed by atoms with Crippen molar-refractivity contribution in [3.8, 4) is 11.5 Å². The number of epoxide rings is 1. The standard InChI is InChI=1S/C14H17NO4/c1-14(2,7-15-13(16)12-6-17-12)9-3-4-10-11(5-9)19-8-18-10/h3-5,12H,6-8H2,1-2H3,(H,15,16). The number of carbonyl (C=O) groups excluding carboxylic acids is 1. The molecule has 0 aromatic heterocycles. The summed E-state index contributed by atoms with van der Waals surface area (Å²) in [6.45, 7) is 5.54. The molecule has 1 aromatic carbocycles. The Morgan fingerprint density at radius 3 is 2.84 bits per heavy atom. The van der Waals surface area contributed by atoms with Crippen LogP contribution in [-0.2, 0) is 14.9 Å². The highest BCUT2D eigenvalue weighted by atomic mass is 16.7. The number of hydrogen-bond acceptors (Lipinski definition) is 4. The van der Waals surface area contributed by atoms with Crippen LogP contribution >= 0.6 is 0 Å². The summed E-state index contributed by atoms with van der Waals surface area (Å²) in [4.78, 5) is 11.6. The molecule has 5 nitrogen and oxygen atoms in total. The van der Waals surface area contributed by atoms with Crippen LogP contribution in [0.4, 0.5) is 0 Å². The molecule has 5 heteroatoms. The summed E-state index contributed by atoms with van der Waals surface area (Å²) in [7, 11) is 0. The average molecular weight is 263 g/mol. The van der Waals surface area contributed by atoms with Gasteiger partial charge >= 0.3 is 0 Å². The number of amides is 1. The highest BCUT2D eigenvalue weighted by Gasteiger charge is 2.32. The van der Waals surface area contributed by atoms with Crippen LogP contribution in [0.3, 0.4) is 0 Å². The van der Waals surface area contributed by atoms with E-state index < -0.39 is 0 Å². The highest BCUT2D eigenvalue weighted by Crippen LogP contribution is 2.36. The molecule has 1 saturated heterocycles. The molecule has 2 aliphatic rings. The van der Waals surface area contributed by atoms with Crippen LogP contribution < -0.4 is 14.8 Å². The molecule has 2 aliphatic heterocycles. The largest absolute Gasteiger partial charge is 0.454 e. The van der Waals surface area contributed by atoms with Gasteiger partial charge in [-0.25, -0.2) is 0 Å². The predicted molar refractivity (Wildman–Crippen MR) is 68.3 cm³/mol. The Bertz CT molecular complexity index is 508. The Labute approximate surface area is 111 Å². The van der Waals surface area contributed by atoms with Crippen molar-refractivity contribution in [3.63, 3.8) is 0 Å². The normalized spacial score (nSPS) is 20.2. The summed E-state index contributed by atoms with van der Waals surface area (Å²) in [5.74, 6) is 1.51. The lowest BCUT2D eigenvalue weighted by atomic mass is 9.84. The molecule has 0 radical (unpaired) electrons. The molecule has 3 rings (SSSR count). The number of nitrogens with one attached hydrogen (secondary N) is 1. The summed E-state index contributed by atoms with van der Waals surface area (Å²) in [6, 6.07) is 5.89. The van der Waals surface area contributed by atoms with Gasteiger partial charge in [0.1, 0.15) is 0 Å². The lowest BCUT2D eigenvalue weighted by molar-refractivity contribution is -0.122. The van der Waals surface area contributed by atoms with Crippen LogP contribution in [-0.4, -0.2) is 32.0 Å². The SMILES string of the molecule is CC(C)(CNC(=O)C1CO1)c1ccc2c(c1)OCO2. The van der Waals surface area contributed by atoms with Crippen molar-refractivity contribution in [2.45, 2.75) is 25.4 Å². The summed E-state index contributed by atoms with van der Waals surface area (Å²) in [5, 5.41) is 2.92. The molecule has 1 atom stereocenters. The minimum absolute atomic E-state index is 0.0335. The third kappa shape index (κ3) is 2.51. The Morgan fingerprint density at radius 1 is 1.37 bits per heavy atom. The number of carbonyl (C=O) groups is 1. The van der Waals surface area contributed by atoms with Gasteiger partial charge in [0.15, 0.2) is 17.6 Å². The van der Waals surface area contributed by atoms with Gasteiger partial charge in [-0.15, -0.1) is 0 Å². The lowest BCUT2D eigenvalue weighted by Gasteiger charge is -2.25. The van der Waals surface area contributed by atoms with E-state index in [1.54, 1.807) is 0 Å². The zero-order valence-corrected chi connectivity index (χ0v) is 11.1. The lowest BCUT2D eigenvalue weighted by Crippen LogP contribution is -2.38. The highest BCUT2D eigenvalue weighted by molar-refractivity contribution is 5.82. The summed E-state index contributed by atoms with van der Waals surface area (Å²) in [6.07, 6.45) is -0.243. The molecule has 0 bridgehead atoms. The number of fused-ring (bicyclic) bond motifs is 1. The molecule has 102 valence electrons. The van der Waals surface area contributed by atoms with E-state index in [1.807, 2.05) is 18.2 Å². The Kier molecular flexibility index (Phi) is 2.86. The first kappa shape index (κ1) is 12.3. The van der Waals surface area contributed by atoms with Gasteiger partial charge < -0.3 is 19.5 Å². The summed E-state index contributed by atoms with van der Waals surface area (Å²) >= 11 is 0. The number of ether oxygens (including phenoxy) is 3. The van der Waals surface area contributed by atoms with Crippen LogP contribution in [0.2, 0.25) is 0 Å². The van der Waals surface area contributed by atoms with Gasteiger partial charge in [0.05, 0.1) is 6.61 Å². The molecule has 19 heavy (non-hydrogen) atoms. The number of hydrogen-bond donors (Lipinski definition) is 1. The maximum absolute atomic E-state index is 11.6. The molecule has 0 saturated carbocycles. The molecule has 0 aliphatic carbocycles. The first-order valence-electron chi connectivity index (χ1n) is 6.36. The first-order valence-corrected chi connectivity index (χ1v) is 6.36. The van der Waals surface area contributed by atoms with Gasteiger partial charge in [0, 0.05) is 12.0 Å². The third-order valence-corrected chi connectivity index (χ3v) is 3.48. The van der Waals surface area contributed by atoms with Crippen molar-refractivity contribution < 1.29 is 19.0 Å². The van der Waals surface area contributed by atoms with E-state index in [2.05, 4.69) is 19.2 Å². The van der Waals surface area contributed by atoms with Gasteiger partial charge in [-0.2, -0.15) is 0 Å². The van der Waals surface area contributed by atoms with Crippen molar-refractivity contribution in [3.05, 3.63) is 23.8 Å². The molecule has 1 N–H and O–H groups in total. The first-order chi connectivity index (χ1) is 9.06. The van der Waals surface area contributed by atoms with Crippen molar-refractivity contribution >= 4 is 5.91 Å². The van der Waals surface area contributed by atoms with Crippen LogP contribution in [0, 0.1) is 0 Å². The van der Waals surface area contributed by atoms with Crippen molar-refractivity contribution in [1.82, 2.24) is 5.32 Å². The van der Waals surface area contributed by atoms with E-state index in [4.69, 9.17) is 14.2 Å². The van der Waals surface area contributed by atoms with E-state index in [-0.39, 0.29) is 24.2 Å². The van der Waals surface area contributed by atoms with E-state index in [1.165, 1.54) is 0 Å². The van der Waals surface area contributed by atoms with E-state index in [0.29, 0.717) is 13.2 Å². The third-order valence-electron chi connectivity index (χ3n) is 3.48. The molecule has 0 spiro atoms. The van der Waals surface area contributed by atoms with Crippen LogP contribution in [0.5, 0.6) is 11.5 Å². The minimum Gasteiger partial charge on any atom is -0.454 e. The van der Waals surface area contributed by atoms with E-state index in [0.717, 1.165) is 17.1 Å². The maximum Gasteiger partial charge on any atom is 0.251 e. The Balaban J connectivity index is 1.70. The fourth-order valence-corrected chi connectivity index (χ4v) is 2.04. The Morgan fingerprint density at radius 2 is 2.11 bits per heavy atom. The van der Waals surface area contributed by atoms with Crippen LogP contribution in [0.15, 0.2) is 18.2 Å². The van der Waals surface area contributed by atoms with Crippen molar-refractivity contribution in [1.29, 1.82) is 0 Å². The molecular weight excluding hydrogens is 246 g/mol. The molecule has 2 heterocycles. The summed E-state index contributed by atoms with van der Waals surface area (Å²) in [5.41, 5.74) is 0.930. The topological polar surface area (TPSA) is 60.1 Å². The van der Waals surface area contributed by atoms with Crippen molar-refractivity contribution in [2.24, 2.45) is 0 Å². The van der Waals surface area contributed by atoms with Crippen molar-refractivity contribution in [2.75, 3.05) is 19.9 Å². The smallest absolute Gasteiger partial charge is 0.251 e. The maximum atomic E-state index is 11.6. The van der Waals surface area contributed by atoms with Gasteiger partial charge in [-0.05, 0) is 17.7 Å². The molecular formula is C14H17NO4. The van der Waals surface area contributed by atoms with E-state index >= 15 is 0 Å². The van der Waals surface area contributed by atoms with Gasteiger partial charge in [-0.3, -0.25) is 4.79 Å². The quantitative estimate of drug-likeness (QED) is 0.829. The van der Waals surface area contributed by atoms with Gasteiger partial charge in [-0.1, -0.05) is 19.9 Å². The van der Waals surface area contributed by atoms with Crippen LogP contribution in [0.25, 0.3) is 0 Å². The second kappa shape index (κ2) is 4.42. The fourth-order valence-electron chi connectivity index (χ4n) is 2.04. The predicted octanol–water partition coefficient (Wildman–Crippen LogP) is 1.21.